The molecule has 0 aromatic carbocycles. The van der Waals surface area contributed by atoms with Crippen LogP contribution in [0.2, 0.25) is 0 Å². The van der Waals surface area contributed by atoms with E-state index in [4.69, 9.17) is 0 Å². The molecule has 22 heavy (non-hydrogen) atoms. The summed E-state index contributed by atoms with van der Waals surface area (Å²) >= 11 is 4.09. The molecule has 0 atom stereocenters. The minimum atomic E-state index is -0.434. The number of carbonyl (C=O) groups excluding carboxylic acids is 1. The zero-order valence-electron chi connectivity index (χ0n) is 11.0. The fourth-order valence-corrected chi connectivity index (χ4v) is 4.06. The van der Waals surface area contributed by atoms with Crippen molar-refractivity contribution in [3.63, 3.8) is 0 Å². The molecule has 0 saturated heterocycles. The summed E-state index contributed by atoms with van der Waals surface area (Å²) in [6.07, 6.45) is 0.317. The summed E-state index contributed by atoms with van der Waals surface area (Å²) < 4.78 is 0. The lowest BCUT2D eigenvalue weighted by atomic mass is 10.3. The normalized spacial score (nSPS) is 10.5. The molecule has 0 unspecified atom stereocenters. The second-order valence-corrected chi connectivity index (χ2v) is 7.07. The second-order valence-electron chi connectivity index (χ2n) is 4.27. The van der Waals surface area contributed by atoms with Gasteiger partial charge in [-0.25, -0.2) is 4.98 Å². The Labute approximate surface area is 137 Å². The number of rotatable bonds is 5. The monoisotopic (exact) mass is 351 g/mol. The van der Waals surface area contributed by atoms with Crippen molar-refractivity contribution < 1.29 is 9.72 Å². The molecule has 112 valence electrons. The molecule has 6 nitrogen and oxygen atoms in total. The van der Waals surface area contributed by atoms with Gasteiger partial charge in [-0.05, 0) is 11.4 Å². The Kier molecular flexibility index (Phi) is 4.27. The molecule has 0 spiro atoms. The minimum absolute atomic E-state index is 0.0521. The number of nitrogens with one attached hydrogen (secondary N) is 1. The number of aromatic nitrogens is 1. The molecule has 0 radical (unpaired) electrons. The van der Waals surface area contributed by atoms with Gasteiger partial charge in [-0.3, -0.25) is 14.9 Å². The van der Waals surface area contributed by atoms with Crippen LogP contribution in [0.25, 0.3) is 10.6 Å². The topological polar surface area (TPSA) is 85.1 Å². The van der Waals surface area contributed by atoms with Gasteiger partial charge in [0.1, 0.15) is 0 Å². The average Bonchev–Trinajstić information content (AvgIpc) is 3.18. The molecule has 0 fully saturated rings. The summed E-state index contributed by atoms with van der Waals surface area (Å²) in [4.78, 5) is 28.1. The van der Waals surface area contributed by atoms with Gasteiger partial charge in [0, 0.05) is 16.3 Å². The molecule has 1 amide bonds. The van der Waals surface area contributed by atoms with Gasteiger partial charge >= 0.3 is 0 Å². The first-order chi connectivity index (χ1) is 10.6. The zero-order chi connectivity index (χ0) is 15.5. The fraction of sp³-hybridized carbons (Fsp3) is 0.0769. The third-order valence-electron chi connectivity index (χ3n) is 2.71. The van der Waals surface area contributed by atoms with Crippen molar-refractivity contribution in [2.75, 3.05) is 5.32 Å². The van der Waals surface area contributed by atoms with Crippen molar-refractivity contribution in [2.24, 2.45) is 0 Å². The van der Waals surface area contributed by atoms with E-state index in [9.17, 15) is 14.9 Å². The lowest BCUT2D eigenvalue weighted by Gasteiger charge is -1.99. The molecule has 0 aliphatic rings. The van der Waals surface area contributed by atoms with Crippen LogP contribution >= 0.6 is 34.0 Å². The van der Waals surface area contributed by atoms with Gasteiger partial charge in [-0.15, -0.1) is 34.0 Å². The van der Waals surface area contributed by atoms with Crippen LogP contribution in [0.4, 0.5) is 10.8 Å². The summed E-state index contributed by atoms with van der Waals surface area (Å²) in [7, 11) is 0. The van der Waals surface area contributed by atoms with Crippen LogP contribution < -0.4 is 5.32 Å². The fourth-order valence-electron chi connectivity index (χ4n) is 1.74. The van der Waals surface area contributed by atoms with Crippen molar-refractivity contribution in [1.82, 2.24) is 4.98 Å². The van der Waals surface area contributed by atoms with Crippen LogP contribution in [0.3, 0.4) is 0 Å². The first-order valence-electron chi connectivity index (χ1n) is 6.13. The van der Waals surface area contributed by atoms with Gasteiger partial charge in [0.2, 0.25) is 5.91 Å². The number of amides is 1. The van der Waals surface area contributed by atoms with E-state index in [0.717, 1.165) is 4.88 Å². The second kappa shape index (κ2) is 6.34. The SMILES string of the molecule is O=C(Cc1cccs1)Nc1nc(-c2cc([N+](=O)[O-])cs2)cs1. The minimum Gasteiger partial charge on any atom is -0.302 e. The van der Waals surface area contributed by atoms with E-state index in [1.807, 2.05) is 17.5 Å². The van der Waals surface area contributed by atoms with E-state index in [1.54, 1.807) is 5.38 Å². The average molecular weight is 351 g/mol. The Bertz CT molecular complexity index is 807. The molecule has 3 aromatic heterocycles. The first-order valence-corrected chi connectivity index (χ1v) is 8.77. The van der Waals surface area contributed by atoms with E-state index in [2.05, 4.69) is 10.3 Å². The number of thiophene rings is 2. The summed E-state index contributed by atoms with van der Waals surface area (Å²) in [6.45, 7) is 0. The Balaban J connectivity index is 1.68. The summed E-state index contributed by atoms with van der Waals surface area (Å²) in [5.74, 6) is -0.125. The van der Waals surface area contributed by atoms with Gasteiger partial charge in [-0.2, -0.15) is 0 Å². The predicted molar refractivity (Wildman–Crippen MR) is 88.7 cm³/mol. The number of nitro groups is 1. The molecule has 3 aromatic rings. The molecule has 0 aliphatic heterocycles. The summed E-state index contributed by atoms with van der Waals surface area (Å²) in [6, 6.07) is 5.29. The largest absolute Gasteiger partial charge is 0.302 e. The first kappa shape index (κ1) is 14.8. The van der Waals surface area contributed by atoms with Crippen LogP contribution in [0.1, 0.15) is 4.88 Å². The third kappa shape index (κ3) is 3.38. The van der Waals surface area contributed by atoms with E-state index < -0.39 is 4.92 Å². The maximum atomic E-state index is 11.9. The Morgan fingerprint density at radius 1 is 1.32 bits per heavy atom. The van der Waals surface area contributed by atoms with Crippen LogP contribution in [0.15, 0.2) is 34.3 Å². The lowest BCUT2D eigenvalue weighted by molar-refractivity contribution is -0.384. The van der Waals surface area contributed by atoms with Gasteiger partial charge < -0.3 is 5.32 Å². The summed E-state index contributed by atoms with van der Waals surface area (Å²) in [5, 5.41) is 19.1. The zero-order valence-corrected chi connectivity index (χ0v) is 13.5. The highest BCUT2D eigenvalue weighted by Crippen LogP contribution is 2.32. The van der Waals surface area contributed by atoms with Crippen LogP contribution in [0.5, 0.6) is 0 Å². The highest BCUT2D eigenvalue weighted by molar-refractivity contribution is 7.16. The number of hydrogen-bond donors (Lipinski definition) is 1. The van der Waals surface area contributed by atoms with Crippen molar-refractivity contribution in [2.45, 2.75) is 6.42 Å². The number of hydrogen-bond acceptors (Lipinski definition) is 7. The van der Waals surface area contributed by atoms with E-state index >= 15 is 0 Å². The highest BCUT2D eigenvalue weighted by Gasteiger charge is 2.14. The van der Waals surface area contributed by atoms with Gasteiger partial charge in [0.05, 0.1) is 27.3 Å². The molecule has 3 heterocycles. The lowest BCUT2D eigenvalue weighted by Crippen LogP contribution is -2.13. The van der Waals surface area contributed by atoms with Crippen molar-refractivity contribution in [3.05, 3.63) is 49.3 Å². The standard InChI is InChI=1S/C13H9N3O3S3/c17-12(5-9-2-1-3-20-9)15-13-14-10(7-22-13)11-4-8(6-21-11)16(18)19/h1-4,6-7H,5H2,(H,14,15,17). The Morgan fingerprint density at radius 2 is 2.18 bits per heavy atom. The Hall–Kier alpha value is -2.10. The van der Waals surface area contributed by atoms with E-state index in [1.165, 1.54) is 45.5 Å². The van der Waals surface area contributed by atoms with E-state index in [-0.39, 0.29) is 11.6 Å². The molecule has 3 rings (SSSR count). The maximum absolute atomic E-state index is 11.9. The van der Waals surface area contributed by atoms with Gasteiger partial charge in [-0.1, -0.05) is 6.07 Å². The molecule has 9 heteroatoms. The van der Waals surface area contributed by atoms with Crippen molar-refractivity contribution in [3.8, 4) is 10.6 Å². The van der Waals surface area contributed by atoms with Gasteiger partial charge in [0.25, 0.3) is 5.69 Å². The number of nitrogens with zero attached hydrogens (tertiary/aromatic N) is 2. The van der Waals surface area contributed by atoms with E-state index in [0.29, 0.717) is 22.1 Å². The predicted octanol–water partition coefficient (Wildman–Crippen LogP) is 4.02. The van der Waals surface area contributed by atoms with Crippen LogP contribution in [0, 0.1) is 10.1 Å². The number of anilines is 1. The molecular weight excluding hydrogens is 342 g/mol. The molecule has 0 bridgehead atoms. The number of thiazole rings is 1. The quantitative estimate of drug-likeness (QED) is 0.556. The van der Waals surface area contributed by atoms with Gasteiger partial charge in [0.15, 0.2) is 5.13 Å². The smallest absolute Gasteiger partial charge is 0.280 e. The molecular formula is C13H9N3O3S3. The third-order valence-corrected chi connectivity index (χ3v) is 5.29. The Morgan fingerprint density at radius 3 is 2.86 bits per heavy atom. The van der Waals surface area contributed by atoms with Crippen molar-refractivity contribution >= 4 is 50.7 Å². The number of carbonyl (C=O) groups is 1. The van der Waals surface area contributed by atoms with Crippen LogP contribution in [-0.4, -0.2) is 15.8 Å². The van der Waals surface area contributed by atoms with Crippen molar-refractivity contribution in [1.29, 1.82) is 0 Å². The molecule has 0 saturated carbocycles. The molecule has 1 N–H and O–H groups in total. The van der Waals surface area contributed by atoms with Crippen LogP contribution in [-0.2, 0) is 11.2 Å². The molecule has 0 aliphatic carbocycles. The summed E-state index contributed by atoms with van der Waals surface area (Å²) in [5.41, 5.74) is 0.686. The maximum Gasteiger partial charge on any atom is 0.280 e. The highest BCUT2D eigenvalue weighted by atomic mass is 32.1.